The van der Waals surface area contributed by atoms with E-state index in [1.165, 1.54) is 0 Å². The van der Waals surface area contributed by atoms with E-state index in [0.717, 1.165) is 31.4 Å². The lowest BCUT2D eigenvalue weighted by molar-refractivity contribution is 0.106. The number of alkyl halides is 1. The second kappa shape index (κ2) is 7.64. The van der Waals surface area contributed by atoms with Crippen molar-refractivity contribution in [2.45, 2.75) is 50.0 Å². The summed E-state index contributed by atoms with van der Waals surface area (Å²) in [6, 6.07) is 5.26. The molecule has 0 radical (unpaired) electrons. The second-order valence-corrected chi connectivity index (χ2v) is 8.07. The Morgan fingerprint density at radius 2 is 2.17 bits per heavy atom. The fourth-order valence-corrected chi connectivity index (χ4v) is 4.56. The number of benzene rings is 1. The summed E-state index contributed by atoms with van der Waals surface area (Å²) in [5, 5.41) is 22.3. The lowest BCUT2D eigenvalue weighted by Gasteiger charge is -2.45. The van der Waals surface area contributed by atoms with Gasteiger partial charge in [-0.25, -0.2) is 14.4 Å². The van der Waals surface area contributed by atoms with Crippen LogP contribution in [-0.4, -0.2) is 61.2 Å². The first-order chi connectivity index (χ1) is 14.6. The van der Waals surface area contributed by atoms with Crippen LogP contribution in [0.15, 0.2) is 43.1 Å². The van der Waals surface area contributed by atoms with Crippen LogP contribution in [0.1, 0.15) is 25.7 Å². The molecule has 3 aromatic rings. The van der Waals surface area contributed by atoms with E-state index in [1.54, 1.807) is 46.5 Å². The van der Waals surface area contributed by atoms with Gasteiger partial charge in [0.1, 0.15) is 17.6 Å². The highest BCUT2D eigenvalue weighted by atomic mass is 19.1. The molecule has 0 spiro atoms. The number of halogens is 1. The third-order valence-corrected chi connectivity index (χ3v) is 6.22. The third kappa shape index (κ3) is 3.39. The first-order valence-electron chi connectivity index (χ1n) is 10.2. The number of piperidine rings is 2. The van der Waals surface area contributed by atoms with Crippen molar-refractivity contribution in [3.05, 3.63) is 43.1 Å². The molecule has 0 saturated carbocycles. The van der Waals surface area contributed by atoms with Crippen molar-refractivity contribution in [3.63, 3.8) is 0 Å². The van der Waals surface area contributed by atoms with Crippen LogP contribution in [0.2, 0.25) is 0 Å². The first kappa shape index (κ1) is 18.9. The summed E-state index contributed by atoms with van der Waals surface area (Å²) in [5.41, 5.74) is 1.78. The zero-order chi connectivity index (χ0) is 20.7. The van der Waals surface area contributed by atoms with Crippen molar-refractivity contribution in [3.8, 4) is 22.7 Å². The summed E-state index contributed by atoms with van der Waals surface area (Å²) < 4.78 is 16.8. The van der Waals surface area contributed by atoms with E-state index in [9.17, 15) is 9.50 Å². The molecule has 8 nitrogen and oxygen atoms in total. The maximum absolute atomic E-state index is 15.0. The molecule has 2 aliphatic heterocycles. The fraction of sp³-hybridized carbons (Fsp3) is 0.429. The monoisotopic (exact) mass is 409 g/mol. The van der Waals surface area contributed by atoms with Crippen molar-refractivity contribution in [2.75, 3.05) is 11.9 Å². The largest absolute Gasteiger partial charge is 0.507 e. The highest BCUT2D eigenvalue weighted by molar-refractivity contribution is 5.68. The van der Waals surface area contributed by atoms with Crippen molar-refractivity contribution in [2.24, 2.45) is 0 Å². The van der Waals surface area contributed by atoms with Crippen molar-refractivity contribution >= 4 is 5.95 Å². The van der Waals surface area contributed by atoms with Crippen LogP contribution < -0.4 is 10.2 Å². The summed E-state index contributed by atoms with van der Waals surface area (Å²) >= 11 is 0. The Labute approximate surface area is 173 Å². The SMILES string of the molecule is CN(c1ncc(-c2ccc(-n3ccnc3)cc2O)nn1)[C@@H]1C[C@H]2CCC[C@H](N2)[C@H]1F. The number of rotatable bonds is 4. The lowest BCUT2D eigenvalue weighted by Crippen LogP contribution is -2.61. The number of fused-ring (bicyclic) bond motifs is 2. The van der Waals surface area contributed by atoms with Crippen LogP contribution in [0.3, 0.4) is 0 Å². The maximum atomic E-state index is 15.0. The van der Waals surface area contributed by atoms with Gasteiger partial charge in [-0.3, -0.25) is 0 Å². The predicted octanol–water partition coefficient (Wildman–Crippen LogP) is 2.49. The zero-order valence-electron chi connectivity index (χ0n) is 16.7. The molecule has 5 rings (SSSR count). The first-order valence-corrected chi connectivity index (χ1v) is 10.2. The van der Waals surface area contributed by atoms with Gasteiger partial charge in [-0.1, -0.05) is 6.42 Å². The molecule has 156 valence electrons. The smallest absolute Gasteiger partial charge is 0.245 e. The Hall–Kier alpha value is -3.07. The molecule has 2 bridgehead atoms. The molecule has 1 aromatic carbocycles. The van der Waals surface area contributed by atoms with E-state index < -0.39 is 6.17 Å². The van der Waals surface area contributed by atoms with Crippen LogP contribution in [0, 0.1) is 0 Å². The number of phenolic OH excluding ortho intramolecular Hbond substituents is 1. The minimum Gasteiger partial charge on any atom is -0.507 e. The van der Waals surface area contributed by atoms with Crippen LogP contribution in [-0.2, 0) is 0 Å². The topological polar surface area (TPSA) is 92.0 Å². The van der Waals surface area contributed by atoms with Gasteiger partial charge in [0.05, 0.1) is 24.3 Å². The number of phenols is 1. The lowest BCUT2D eigenvalue weighted by atomic mass is 9.82. The van der Waals surface area contributed by atoms with Crippen LogP contribution in [0.25, 0.3) is 16.9 Å². The number of hydrogen-bond donors (Lipinski definition) is 2. The standard InChI is InChI=1S/C21H24FN7O/c1-28(18-9-13-3-2-4-16(25-13)20(18)22)21-24-11-17(26-27-21)15-6-5-14(10-19(15)30)29-8-7-23-12-29/h5-8,10-13,16,18,20,25,30H,2-4,9H2,1H3/t13-,16+,18-,20-/m1/s1. The van der Waals surface area contributed by atoms with Gasteiger partial charge in [0.2, 0.25) is 5.95 Å². The van der Waals surface area contributed by atoms with Gasteiger partial charge in [0.15, 0.2) is 0 Å². The van der Waals surface area contributed by atoms with Gasteiger partial charge < -0.3 is 19.9 Å². The average Bonchev–Trinajstić information content (AvgIpc) is 3.31. The number of aromatic hydroxyl groups is 1. The number of imidazole rings is 1. The molecule has 0 unspecified atom stereocenters. The van der Waals surface area contributed by atoms with E-state index in [-0.39, 0.29) is 17.8 Å². The van der Waals surface area contributed by atoms with Crippen LogP contribution in [0.4, 0.5) is 10.3 Å². The maximum Gasteiger partial charge on any atom is 0.245 e. The summed E-state index contributed by atoms with van der Waals surface area (Å²) in [6.45, 7) is 0. The second-order valence-electron chi connectivity index (χ2n) is 8.07. The Kier molecular flexibility index (Phi) is 4.82. The third-order valence-electron chi connectivity index (χ3n) is 6.22. The molecule has 2 N–H and O–H groups in total. The zero-order valence-corrected chi connectivity index (χ0v) is 16.7. The Balaban J connectivity index is 1.35. The molecule has 30 heavy (non-hydrogen) atoms. The molecule has 0 aliphatic carbocycles. The minimum absolute atomic E-state index is 0.0772. The molecule has 9 heteroatoms. The van der Waals surface area contributed by atoms with Gasteiger partial charge >= 0.3 is 0 Å². The number of nitrogens with zero attached hydrogens (tertiary/aromatic N) is 6. The van der Waals surface area contributed by atoms with Crippen molar-refractivity contribution < 1.29 is 9.50 Å². The van der Waals surface area contributed by atoms with Gasteiger partial charge in [-0.05, 0) is 31.4 Å². The number of aromatic nitrogens is 5. The number of hydrogen-bond acceptors (Lipinski definition) is 7. The summed E-state index contributed by atoms with van der Waals surface area (Å²) in [4.78, 5) is 10.2. The van der Waals surface area contributed by atoms with E-state index in [1.807, 2.05) is 13.1 Å². The highest BCUT2D eigenvalue weighted by Crippen LogP contribution is 2.32. The van der Waals surface area contributed by atoms with Gasteiger partial charge in [0, 0.05) is 43.2 Å². The van der Waals surface area contributed by atoms with E-state index in [2.05, 4.69) is 25.5 Å². The Morgan fingerprint density at radius 3 is 2.90 bits per heavy atom. The van der Waals surface area contributed by atoms with Crippen LogP contribution in [0.5, 0.6) is 5.75 Å². The van der Waals surface area contributed by atoms with Gasteiger partial charge in [-0.2, -0.15) is 0 Å². The van der Waals surface area contributed by atoms with Gasteiger partial charge in [-0.15, -0.1) is 10.2 Å². The molecule has 0 amide bonds. The molecular weight excluding hydrogens is 385 g/mol. The quantitative estimate of drug-likeness (QED) is 0.684. The molecular formula is C21H24FN7O. The molecule has 2 saturated heterocycles. The van der Waals surface area contributed by atoms with Crippen molar-refractivity contribution in [1.29, 1.82) is 0 Å². The normalized spacial score (nSPS) is 25.8. The number of nitrogens with one attached hydrogen (secondary N) is 1. The number of anilines is 1. The molecule has 2 aliphatic rings. The molecule has 2 fully saturated rings. The molecule has 2 aromatic heterocycles. The van der Waals surface area contributed by atoms with E-state index in [4.69, 9.17) is 0 Å². The summed E-state index contributed by atoms with van der Waals surface area (Å²) in [6.07, 6.45) is 9.50. The van der Waals surface area contributed by atoms with E-state index >= 15 is 0 Å². The minimum atomic E-state index is -0.963. The molecule has 4 heterocycles. The average molecular weight is 409 g/mol. The molecule has 4 atom stereocenters. The van der Waals surface area contributed by atoms with Crippen molar-refractivity contribution in [1.82, 2.24) is 30.0 Å². The van der Waals surface area contributed by atoms with E-state index in [0.29, 0.717) is 23.2 Å². The highest BCUT2D eigenvalue weighted by Gasteiger charge is 2.42. The fourth-order valence-electron chi connectivity index (χ4n) is 4.56. The van der Waals surface area contributed by atoms with Gasteiger partial charge in [0.25, 0.3) is 0 Å². The Morgan fingerprint density at radius 1 is 1.27 bits per heavy atom. The summed E-state index contributed by atoms with van der Waals surface area (Å²) in [5.74, 6) is 0.467. The summed E-state index contributed by atoms with van der Waals surface area (Å²) in [7, 11) is 1.83. The Bertz CT molecular complexity index is 1010. The predicted molar refractivity (Wildman–Crippen MR) is 110 cm³/mol. The van der Waals surface area contributed by atoms with Crippen LogP contribution >= 0.6 is 0 Å².